The smallest absolute Gasteiger partial charge is 0.313 e. The highest BCUT2D eigenvalue weighted by molar-refractivity contribution is 6.02. The van der Waals surface area contributed by atoms with Gasteiger partial charge in [-0.3, -0.25) is 9.59 Å². The van der Waals surface area contributed by atoms with E-state index in [4.69, 9.17) is 9.47 Å². The van der Waals surface area contributed by atoms with Gasteiger partial charge in [0.2, 0.25) is 0 Å². The molecule has 3 rings (SSSR count). The van der Waals surface area contributed by atoms with Gasteiger partial charge in [-0.2, -0.15) is 0 Å². The zero-order chi connectivity index (χ0) is 23.3. The van der Waals surface area contributed by atoms with Gasteiger partial charge in [-0.25, -0.2) is 4.98 Å². The second-order valence-corrected chi connectivity index (χ2v) is 8.02. The number of carbonyl (C=O) groups excluding carboxylic acids is 2. The minimum Gasteiger partial charge on any atom is -0.505 e. The highest BCUT2D eigenvalue weighted by Crippen LogP contribution is 2.29. The number of nitrogens with zero attached hydrogens (tertiary/aromatic N) is 1. The highest BCUT2D eigenvalue weighted by Gasteiger charge is 2.30. The molecule has 0 aliphatic heterocycles. The Morgan fingerprint density at radius 2 is 1.81 bits per heavy atom. The second-order valence-electron chi connectivity index (χ2n) is 8.02. The van der Waals surface area contributed by atoms with E-state index in [9.17, 15) is 14.7 Å². The summed E-state index contributed by atoms with van der Waals surface area (Å²) < 4.78 is 9.90. The molecule has 0 bridgehead atoms. The number of esters is 1. The molecule has 2 aromatic carbocycles. The number of carbonyl (C=O) groups is 2. The van der Waals surface area contributed by atoms with Gasteiger partial charge in [0, 0.05) is 35.7 Å². The van der Waals surface area contributed by atoms with Crippen molar-refractivity contribution in [2.75, 3.05) is 26.1 Å². The molecule has 1 heterocycles. The summed E-state index contributed by atoms with van der Waals surface area (Å²) in [4.78, 5) is 28.4. The third kappa shape index (κ3) is 5.08. The Bertz CT molecular complexity index is 1130. The molecule has 1 amide bonds. The Labute approximate surface area is 186 Å². The number of aromatic nitrogens is 1. The molecule has 8 heteroatoms. The second kappa shape index (κ2) is 9.55. The van der Waals surface area contributed by atoms with Crippen molar-refractivity contribution in [1.29, 1.82) is 0 Å². The van der Waals surface area contributed by atoms with Crippen LogP contribution in [-0.4, -0.2) is 42.7 Å². The van der Waals surface area contributed by atoms with E-state index in [1.807, 2.05) is 36.4 Å². The maximum atomic E-state index is 12.5. The number of aromatic hydroxyl groups is 1. The van der Waals surface area contributed by atoms with Gasteiger partial charge in [0.1, 0.15) is 5.75 Å². The number of benzene rings is 2. The molecule has 0 aliphatic rings. The van der Waals surface area contributed by atoms with E-state index in [2.05, 4.69) is 15.6 Å². The molecule has 0 saturated carbocycles. The van der Waals surface area contributed by atoms with Crippen LogP contribution in [0.2, 0.25) is 0 Å². The third-order valence-electron chi connectivity index (χ3n) is 5.16. The summed E-state index contributed by atoms with van der Waals surface area (Å²) in [5.74, 6) is -0.418. The lowest BCUT2D eigenvalue weighted by molar-refractivity contribution is -0.150. The average molecular weight is 437 g/mol. The quantitative estimate of drug-likeness (QED) is 0.463. The molecule has 0 fully saturated rings. The first kappa shape index (κ1) is 22.9. The number of pyridine rings is 1. The van der Waals surface area contributed by atoms with Crippen molar-refractivity contribution in [3.8, 4) is 11.5 Å². The minimum atomic E-state index is -0.901. The fourth-order valence-corrected chi connectivity index (χ4v) is 3.17. The Kier molecular flexibility index (Phi) is 6.82. The largest absolute Gasteiger partial charge is 0.505 e. The molecule has 0 atom stereocenters. The van der Waals surface area contributed by atoms with Crippen LogP contribution in [0.3, 0.4) is 0 Å². The predicted octanol–water partition coefficient (Wildman–Crippen LogP) is 3.49. The lowest BCUT2D eigenvalue weighted by Crippen LogP contribution is -2.39. The summed E-state index contributed by atoms with van der Waals surface area (Å²) in [6, 6.07) is 13.2. The van der Waals surface area contributed by atoms with E-state index in [-0.39, 0.29) is 18.0 Å². The zero-order valence-corrected chi connectivity index (χ0v) is 18.6. The standard InChI is InChI=1S/C24H27N3O5/c1-24(2,23(30)32-4)14-27-22(29)20-21(28)19-10-7-17(11-16(19)13-26-20)25-12-15-5-8-18(31-3)9-6-15/h5-11,13,25,28H,12,14H2,1-4H3,(H,27,29). The van der Waals surface area contributed by atoms with E-state index in [0.717, 1.165) is 17.0 Å². The lowest BCUT2D eigenvalue weighted by Gasteiger charge is -2.21. The zero-order valence-electron chi connectivity index (χ0n) is 18.6. The molecule has 0 saturated heterocycles. The van der Waals surface area contributed by atoms with Gasteiger partial charge < -0.3 is 25.2 Å². The SMILES string of the molecule is COC(=O)C(C)(C)CNC(=O)c1ncc2cc(NCc3ccc(OC)cc3)ccc2c1O. The van der Waals surface area contributed by atoms with Crippen LogP contribution in [-0.2, 0) is 16.1 Å². The van der Waals surface area contributed by atoms with Crippen LogP contribution < -0.4 is 15.4 Å². The number of rotatable bonds is 8. The van der Waals surface area contributed by atoms with Crippen molar-refractivity contribution in [3.05, 3.63) is 59.9 Å². The van der Waals surface area contributed by atoms with Crippen LogP contribution in [0.5, 0.6) is 11.5 Å². The van der Waals surface area contributed by atoms with Crippen molar-refractivity contribution >= 4 is 28.3 Å². The van der Waals surface area contributed by atoms with Crippen molar-refractivity contribution in [2.45, 2.75) is 20.4 Å². The van der Waals surface area contributed by atoms with Crippen molar-refractivity contribution in [2.24, 2.45) is 5.41 Å². The maximum Gasteiger partial charge on any atom is 0.313 e. The fraction of sp³-hybridized carbons (Fsp3) is 0.292. The summed E-state index contributed by atoms with van der Waals surface area (Å²) >= 11 is 0. The fourth-order valence-electron chi connectivity index (χ4n) is 3.17. The number of fused-ring (bicyclic) bond motifs is 1. The Hall–Kier alpha value is -3.81. The number of hydrogen-bond donors (Lipinski definition) is 3. The number of hydrogen-bond acceptors (Lipinski definition) is 7. The average Bonchev–Trinajstić information content (AvgIpc) is 2.81. The summed E-state index contributed by atoms with van der Waals surface area (Å²) in [6.07, 6.45) is 1.54. The molecule has 1 aromatic heterocycles. The van der Waals surface area contributed by atoms with Gasteiger partial charge in [0.15, 0.2) is 11.4 Å². The Morgan fingerprint density at radius 1 is 1.09 bits per heavy atom. The molecular formula is C24H27N3O5. The topological polar surface area (TPSA) is 110 Å². The Morgan fingerprint density at radius 3 is 2.47 bits per heavy atom. The molecule has 0 spiro atoms. The van der Waals surface area contributed by atoms with Gasteiger partial charge in [0.05, 0.1) is 19.6 Å². The molecule has 8 nitrogen and oxygen atoms in total. The maximum absolute atomic E-state index is 12.5. The summed E-state index contributed by atoms with van der Waals surface area (Å²) in [5, 5.41) is 17.8. The van der Waals surface area contributed by atoms with E-state index in [1.54, 1.807) is 27.0 Å². The van der Waals surface area contributed by atoms with Crippen LogP contribution in [0.25, 0.3) is 10.8 Å². The first-order chi connectivity index (χ1) is 15.2. The van der Waals surface area contributed by atoms with Gasteiger partial charge in [-0.15, -0.1) is 0 Å². The summed E-state index contributed by atoms with van der Waals surface area (Å²) in [7, 11) is 2.92. The third-order valence-corrected chi connectivity index (χ3v) is 5.16. The molecule has 0 radical (unpaired) electrons. The highest BCUT2D eigenvalue weighted by atomic mass is 16.5. The van der Waals surface area contributed by atoms with E-state index in [1.165, 1.54) is 13.3 Å². The molecule has 0 aliphatic carbocycles. The number of anilines is 1. The van der Waals surface area contributed by atoms with Gasteiger partial charge >= 0.3 is 5.97 Å². The molecule has 168 valence electrons. The van der Waals surface area contributed by atoms with Crippen LogP contribution in [0.1, 0.15) is 29.9 Å². The van der Waals surface area contributed by atoms with Crippen LogP contribution >= 0.6 is 0 Å². The number of methoxy groups -OCH3 is 2. The number of amides is 1. The van der Waals surface area contributed by atoms with Crippen molar-refractivity contribution in [1.82, 2.24) is 10.3 Å². The molecule has 3 N–H and O–H groups in total. The van der Waals surface area contributed by atoms with Gasteiger partial charge in [-0.1, -0.05) is 12.1 Å². The minimum absolute atomic E-state index is 0.0475. The monoisotopic (exact) mass is 437 g/mol. The van der Waals surface area contributed by atoms with Gasteiger partial charge in [0.25, 0.3) is 5.91 Å². The summed E-state index contributed by atoms with van der Waals surface area (Å²) in [5.41, 5.74) is 0.943. The Balaban J connectivity index is 1.71. The van der Waals surface area contributed by atoms with E-state index < -0.39 is 17.3 Å². The molecular weight excluding hydrogens is 410 g/mol. The molecule has 32 heavy (non-hydrogen) atoms. The van der Waals surface area contributed by atoms with Crippen LogP contribution in [0.15, 0.2) is 48.7 Å². The van der Waals surface area contributed by atoms with Crippen LogP contribution in [0, 0.1) is 5.41 Å². The van der Waals surface area contributed by atoms with E-state index in [0.29, 0.717) is 17.3 Å². The van der Waals surface area contributed by atoms with E-state index >= 15 is 0 Å². The van der Waals surface area contributed by atoms with Crippen molar-refractivity contribution in [3.63, 3.8) is 0 Å². The molecule has 0 unspecified atom stereocenters. The van der Waals surface area contributed by atoms with Crippen LogP contribution in [0.4, 0.5) is 5.69 Å². The lowest BCUT2D eigenvalue weighted by atomic mass is 9.93. The predicted molar refractivity (Wildman–Crippen MR) is 122 cm³/mol. The number of ether oxygens (including phenoxy) is 2. The van der Waals surface area contributed by atoms with Gasteiger partial charge in [-0.05, 0) is 49.7 Å². The molecule has 3 aromatic rings. The number of nitrogens with one attached hydrogen (secondary N) is 2. The first-order valence-corrected chi connectivity index (χ1v) is 10.1. The summed E-state index contributed by atoms with van der Waals surface area (Å²) in [6.45, 7) is 3.98. The van der Waals surface area contributed by atoms with Crippen molar-refractivity contribution < 1.29 is 24.2 Å². The first-order valence-electron chi connectivity index (χ1n) is 10.1. The normalized spacial score (nSPS) is 11.1.